The van der Waals surface area contributed by atoms with Crippen LogP contribution >= 0.6 is 0 Å². The van der Waals surface area contributed by atoms with Crippen molar-refractivity contribution in [3.05, 3.63) is 35.9 Å². The third-order valence-corrected chi connectivity index (χ3v) is 3.17. The Bertz CT molecular complexity index is 447. The predicted octanol–water partition coefficient (Wildman–Crippen LogP) is 2.38. The summed E-state index contributed by atoms with van der Waals surface area (Å²) in [6.07, 6.45) is 0.765. The Morgan fingerprint density at radius 3 is 2.52 bits per heavy atom. The quantitative estimate of drug-likeness (QED) is 0.733. The van der Waals surface area contributed by atoms with E-state index in [0.29, 0.717) is 19.4 Å². The predicted molar refractivity (Wildman–Crippen MR) is 79.9 cm³/mol. The molecule has 0 aliphatic rings. The molecule has 1 rings (SSSR count). The van der Waals surface area contributed by atoms with Crippen molar-refractivity contribution in [3.63, 3.8) is 0 Å². The van der Waals surface area contributed by atoms with Crippen LogP contribution in [-0.4, -0.2) is 30.7 Å². The maximum Gasteiger partial charge on any atom is 0.303 e. The van der Waals surface area contributed by atoms with Gasteiger partial charge in [-0.1, -0.05) is 37.3 Å². The van der Waals surface area contributed by atoms with Crippen molar-refractivity contribution >= 4 is 11.9 Å². The molecule has 0 saturated heterocycles. The van der Waals surface area contributed by atoms with Crippen molar-refractivity contribution in [2.75, 3.05) is 13.7 Å². The SMILES string of the molecule is COCC(C)CC(=O)NC(CCC(=O)O)c1ccccc1. The lowest BCUT2D eigenvalue weighted by atomic mass is 10.0. The minimum absolute atomic E-state index is 0.0213. The Morgan fingerprint density at radius 2 is 1.95 bits per heavy atom. The molecule has 0 radical (unpaired) electrons. The maximum atomic E-state index is 12.0. The molecule has 0 bridgehead atoms. The average Bonchev–Trinajstić information content (AvgIpc) is 2.44. The highest BCUT2D eigenvalue weighted by atomic mass is 16.5. The van der Waals surface area contributed by atoms with Gasteiger partial charge in [0.25, 0.3) is 0 Å². The van der Waals surface area contributed by atoms with Crippen molar-refractivity contribution in [2.24, 2.45) is 5.92 Å². The lowest BCUT2D eigenvalue weighted by Gasteiger charge is -2.20. The number of benzene rings is 1. The lowest BCUT2D eigenvalue weighted by molar-refractivity contribution is -0.137. The summed E-state index contributed by atoms with van der Waals surface area (Å²) in [4.78, 5) is 22.8. The number of nitrogens with one attached hydrogen (secondary N) is 1. The number of carbonyl (C=O) groups is 2. The van der Waals surface area contributed by atoms with Gasteiger partial charge in [0, 0.05) is 26.6 Å². The summed E-state index contributed by atoms with van der Waals surface area (Å²) in [7, 11) is 1.61. The standard InChI is InChI=1S/C16H23NO4/c1-12(11-21-2)10-15(18)17-14(8-9-16(19)20)13-6-4-3-5-7-13/h3-7,12,14H,8-11H2,1-2H3,(H,17,18)(H,19,20). The largest absolute Gasteiger partial charge is 0.481 e. The van der Waals surface area contributed by atoms with Gasteiger partial charge in [0.1, 0.15) is 0 Å². The van der Waals surface area contributed by atoms with E-state index in [9.17, 15) is 9.59 Å². The topological polar surface area (TPSA) is 75.6 Å². The summed E-state index contributed by atoms with van der Waals surface area (Å²) in [5.41, 5.74) is 0.923. The van der Waals surface area contributed by atoms with Crippen LogP contribution in [0.25, 0.3) is 0 Å². The number of aliphatic carboxylic acids is 1. The fourth-order valence-electron chi connectivity index (χ4n) is 2.19. The van der Waals surface area contributed by atoms with E-state index in [4.69, 9.17) is 9.84 Å². The van der Waals surface area contributed by atoms with Crippen LogP contribution in [0.3, 0.4) is 0 Å². The number of carboxylic acid groups (broad SMARTS) is 1. The van der Waals surface area contributed by atoms with Gasteiger partial charge >= 0.3 is 5.97 Å². The molecule has 0 aliphatic carbocycles. The van der Waals surface area contributed by atoms with Crippen molar-refractivity contribution in [3.8, 4) is 0 Å². The molecule has 2 N–H and O–H groups in total. The Morgan fingerprint density at radius 1 is 1.29 bits per heavy atom. The molecule has 0 fully saturated rings. The van der Waals surface area contributed by atoms with Gasteiger partial charge in [-0.2, -0.15) is 0 Å². The van der Waals surface area contributed by atoms with Gasteiger partial charge in [-0.3, -0.25) is 9.59 Å². The summed E-state index contributed by atoms with van der Waals surface area (Å²) < 4.78 is 5.02. The molecule has 2 unspecified atom stereocenters. The highest BCUT2D eigenvalue weighted by molar-refractivity contribution is 5.76. The molecule has 0 saturated carbocycles. The lowest BCUT2D eigenvalue weighted by Crippen LogP contribution is -2.30. The molecule has 0 aromatic heterocycles. The van der Waals surface area contributed by atoms with Gasteiger partial charge in [0.15, 0.2) is 0 Å². The molecule has 2 atom stereocenters. The molecule has 116 valence electrons. The van der Waals surface area contributed by atoms with Gasteiger partial charge < -0.3 is 15.2 Å². The Balaban J connectivity index is 2.64. The third-order valence-electron chi connectivity index (χ3n) is 3.17. The van der Waals surface area contributed by atoms with E-state index >= 15 is 0 Å². The van der Waals surface area contributed by atoms with Crippen LogP contribution in [0.5, 0.6) is 0 Å². The summed E-state index contributed by atoms with van der Waals surface area (Å²) in [5.74, 6) is -0.817. The first-order valence-electron chi connectivity index (χ1n) is 7.08. The zero-order valence-corrected chi connectivity index (χ0v) is 12.5. The second kappa shape index (κ2) is 9.13. The van der Waals surface area contributed by atoms with Crippen LogP contribution in [0.15, 0.2) is 30.3 Å². The monoisotopic (exact) mass is 293 g/mol. The first kappa shape index (κ1) is 17.2. The fourth-order valence-corrected chi connectivity index (χ4v) is 2.19. The van der Waals surface area contributed by atoms with Crippen LogP contribution in [0.4, 0.5) is 0 Å². The van der Waals surface area contributed by atoms with Crippen LogP contribution in [0.1, 0.15) is 37.8 Å². The number of amides is 1. The van der Waals surface area contributed by atoms with E-state index in [0.717, 1.165) is 5.56 Å². The van der Waals surface area contributed by atoms with Crippen molar-refractivity contribution in [2.45, 2.75) is 32.2 Å². The second-order valence-corrected chi connectivity index (χ2v) is 5.23. The number of ether oxygens (including phenoxy) is 1. The number of hydrogen-bond donors (Lipinski definition) is 2. The molecule has 21 heavy (non-hydrogen) atoms. The third kappa shape index (κ3) is 6.90. The number of hydrogen-bond acceptors (Lipinski definition) is 3. The summed E-state index contributed by atoms with van der Waals surface area (Å²) in [5, 5.41) is 11.7. The molecule has 1 aromatic carbocycles. The van der Waals surface area contributed by atoms with Crippen LogP contribution < -0.4 is 5.32 Å². The first-order chi connectivity index (χ1) is 10.0. The average molecular weight is 293 g/mol. The molecular weight excluding hydrogens is 270 g/mol. The molecule has 1 aromatic rings. The Kier molecular flexibility index (Phi) is 7.46. The van der Waals surface area contributed by atoms with Crippen LogP contribution in [0.2, 0.25) is 0 Å². The molecule has 5 heteroatoms. The Hall–Kier alpha value is -1.88. The van der Waals surface area contributed by atoms with E-state index in [1.807, 2.05) is 37.3 Å². The van der Waals surface area contributed by atoms with Gasteiger partial charge in [-0.25, -0.2) is 0 Å². The number of methoxy groups -OCH3 is 1. The molecule has 0 heterocycles. The van der Waals surface area contributed by atoms with E-state index in [2.05, 4.69) is 5.32 Å². The van der Waals surface area contributed by atoms with Gasteiger partial charge in [-0.15, -0.1) is 0 Å². The molecule has 1 amide bonds. The number of rotatable bonds is 9. The first-order valence-corrected chi connectivity index (χ1v) is 7.08. The van der Waals surface area contributed by atoms with E-state index < -0.39 is 5.97 Å². The zero-order valence-electron chi connectivity index (χ0n) is 12.5. The van der Waals surface area contributed by atoms with E-state index in [1.54, 1.807) is 7.11 Å². The minimum Gasteiger partial charge on any atom is -0.481 e. The van der Waals surface area contributed by atoms with Crippen molar-refractivity contribution < 1.29 is 19.4 Å². The molecule has 0 aliphatic heterocycles. The maximum absolute atomic E-state index is 12.0. The molecular formula is C16H23NO4. The normalized spacial score (nSPS) is 13.4. The summed E-state index contributed by atoms with van der Waals surface area (Å²) in [6, 6.07) is 9.16. The van der Waals surface area contributed by atoms with Gasteiger partial charge in [0.2, 0.25) is 5.91 Å². The smallest absolute Gasteiger partial charge is 0.303 e. The van der Waals surface area contributed by atoms with Crippen molar-refractivity contribution in [1.82, 2.24) is 5.32 Å². The zero-order chi connectivity index (χ0) is 15.7. The Labute approximate surface area is 125 Å². The highest BCUT2D eigenvalue weighted by Gasteiger charge is 2.17. The highest BCUT2D eigenvalue weighted by Crippen LogP contribution is 2.19. The van der Waals surface area contributed by atoms with Crippen molar-refractivity contribution in [1.29, 1.82) is 0 Å². The molecule has 5 nitrogen and oxygen atoms in total. The fraction of sp³-hybridized carbons (Fsp3) is 0.500. The van der Waals surface area contributed by atoms with E-state index in [-0.39, 0.29) is 24.3 Å². The second-order valence-electron chi connectivity index (χ2n) is 5.23. The van der Waals surface area contributed by atoms with Gasteiger partial charge in [0.05, 0.1) is 6.04 Å². The summed E-state index contributed by atoms with van der Waals surface area (Å²) >= 11 is 0. The van der Waals surface area contributed by atoms with Crippen LogP contribution in [-0.2, 0) is 14.3 Å². The van der Waals surface area contributed by atoms with Gasteiger partial charge in [-0.05, 0) is 17.9 Å². The summed E-state index contributed by atoms with van der Waals surface area (Å²) in [6.45, 7) is 2.47. The number of carboxylic acids is 1. The number of carbonyl (C=O) groups excluding carboxylic acids is 1. The van der Waals surface area contributed by atoms with Crippen LogP contribution in [0, 0.1) is 5.92 Å². The minimum atomic E-state index is -0.863. The van der Waals surface area contributed by atoms with E-state index in [1.165, 1.54) is 0 Å². The molecule has 0 spiro atoms.